The predicted octanol–water partition coefficient (Wildman–Crippen LogP) is 18.2. The second kappa shape index (κ2) is 16.8. The van der Waals surface area contributed by atoms with Crippen molar-refractivity contribution >= 4 is 49.8 Å². The summed E-state index contributed by atoms with van der Waals surface area (Å²) in [6.45, 7) is 0. The van der Waals surface area contributed by atoms with Crippen molar-refractivity contribution in [2.75, 3.05) is 4.90 Å². The van der Waals surface area contributed by atoms with Gasteiger partial charge >= 0.3 is 0 Å². The Morgan fingerprint density at radius 1 is 0.227 bits per heavy atom. The van der Waals surface area contributed by atoms with Crippen molar-refractivity contribution in [3.63, 3.8) is 0 Å². The summed E-state index contributed by atoms with van der Waals surface area (Å²) >= 11 is 0. The lowest BCUT2D eigenvalue weighted by Gasteiger charge is -2.26. The minimum atomic E-state index is 0.901. The standard InChI is InChI=1S/C64H43NO/c1-2-15-45(16-3-1)55-20-6-8-22-57(55)59-24-10-11-25-60(59)58-23-9-7-21-56(58)48-33-40-52(41-34-48)65(51-38-31-47(32-39-51)54-27-14-18-46-17-4-5-19-53(46)54)50-36-29-44(30-37-50)49-35-42-64-62(43-49)61-26-12-13-28-63(61)66-64/h1-43H. The third kappa shape index (κ3) is 7.12. The van der Waals surface area contributed by atoms with Crippen LogP contribution in [-0.4, -0.2) is 0 Å². The molecule has 0 saturated heterocycles. The van der Waals surface area contributed by atoms with Crippen LogP contribution in [0.2, 0.25) is 0 Å². The van der Waals surface area contributed by atoms with Crippen LogP contribution in [0.25, 0.3) is 99.5 Å². The molecular formula is C64H43NO. The lowest BCUT2D eigenvalue weighted by molar-refractivity contribution is 0.669. The number of benzene rings is 11. The zero-order valence-corrected chi connectivity index (χ0v) is 36.2. The summed E-state index contributed by atoms with van der Waals surface area (Å²) in [6, 6.07) is 93.9. The molecule has 2 heteroatoms. The van der Waals surface area contributed by atoms with Crippen molar-refractivity contribution < 1.29 is 4.42 Å². The van der Waals surface area contributed by atoms with Crippen LogP contribution < -0.4 is 4.90 Å². The molecule has 0 N–H and O–H groups in total. The van der Waals surface area contributed by atoms with E-state index in [1.807, 2.05) is 12.1 Å². The highest BCUT2D eigenvalue weighted by molar-refractivity contribution is 6.06. The van der Waals surface area contributed by atoms with Crippen LogP contribution in [0.3, 0.4) is 0 Å². The molecule has 12 aromatic rings. The number of anilines is 3. The number of para-hydroxylation sites is 1. The number of furan rings is 1. The van der Waals surface area contributed by atoms with Gasteiger partial charge < -0.3 is 9.32 Å². The first-order valence-corrected chi connectivity index (χ1v) is 22.6. The first kappa shape index (κ1) is 38.9. The molecule has 0 aliphatic heterocycles. The third-order valence-corrected chi connectivity index (χ3v) is 12.9. The molecule has 0 atom stereocenters. The van der Waals surface area contributed by atoms with E-state index in [1.54, 1.807) is 0 Å². The summed E-state index contributed by atoms with van der Waals surface area (Å²) in [5.41, 5.74) is 19.3. The minimum Gasteiger partial charge on any atom is -0.456 e. The van der Waals surface area contributed by atoms with Gasteiger partial charge in [-0.3, -0.25) is 0 Å². The largest absolute Gasteiger partial charge is 0.456 e. The number of hydrogen-bond donors (Lipinski definition) is 0. The topological polar surface area (TPSA) is 16.4 Å². The van der Waals surface area contributed by atoms with Gasteiger partial charge in [-0.25, -0.2) is 0 Å². The van der Waals surface area contributed by atoms with Crippen LogP contribution in [0.5, 0.6) is 0 Å². The summed E-state index contributed by atoms with van der Waals surface area (Å²) in [5, 5.41) is 4.75. The maximum absolute atomic E-state index is 6.15. The van der Waals surface area contributed by atoms with Gasteiger partial charge in [0.25, 0.3) is 0 Å². The quantitative estimate of drug-likeness (QED) is 0.144. The molecule has 1 aromatic heterocycles. The van der Waals surface area contributed by atoms with Gasteiger partial charge in [0.05, 0.1) is 0 Å². The second-order valence-corrected chi connectivity index (χ2v) is 16.8. The van der Waals surface area contributed by atoms with Crippen molar-refractivity contribution in [2.24, 2.45) is 0 Å². The molecule has 0 fully saturated rings. The van der Waals surface area contributed by atoms with E-state index in [0.29, 0.717) is 0 Å². The molecule has 0 radical (unpaired) electrons. The normalized spacial score (nSPS) is 11.3. The Morgan fingerprint density at radius 2 is 0.621 bits per heavy atom. The number of nitrogens with zero attached hydrogens (tertiary/aromatic N) is 1. The molecule has 2 nitrogen and oxygen atoms in total. The third-order valence-electron chi connectivity index (χ3n) is 12.9. The molecular weight excluding hydrogens is 799 g/mol. The van der Waals surface area contributed by atoms with E-state index in [1.165, 1.54) is 60.8 Å². The first-order valence-electron chi connectivity index (χ1n) is 22.6. The van der Waals surface area contributed by atoms with E-state index in [2.05, 4.69) is 254 Å². The fourth-order valence-corrected chi connectivity index (χ4v) is 9.72. The number of hydrogen-bond acceptors (Lipinski definition) is 2. The number of rotatable bonds is 9. The van der Waals surface area contributed by atoms with E-state index >= 15 is 0 Å². The Hall–Kier alpha value is -8.72. The maximum Gasteiger partial charge on any atom is 0.135 e. The van der Waals surface area contributed by atoms with Gasteiger partial charge in [0.1, 0.15) is 11.2 Å². The van der Waals surface area contributed by atoms with Gasteiger partial charge in [0, 0.05) is 27.8 Å². The zero-order chi connectivity index (χ0) is 43.8. The van der Waals surface area contributed by atoms with Crippen LogP contribution in [0.4, 0.5) is 17.1 Å². The molecule has 1 heterocycles. The second-order valence-electron chi connectivity index (χ2n) is 16.8. The van der Waals surface area contributed by atoms with Gasteiger partial charge in [-0.15, -0.1) is 0 Å². The molecule has 310 valence electrons. The highest BCUT2D eigenvalue weighted by atomic mass is 16.3. The monoisotopic (exact) mass is 841 g/mol. The molecule has 0 aliphatic carbocycles. The Kier molecular flexibility index (Phi) is 9.89. The summed E-state index contributed by atoms with van der Waals surface area (Å²) < 4.78 is 6.15. The van der Waals surface area contributed by atoms with Gasteiger partial charge in [-0.05, 0) is 132 Å². The Labute approximate surface area is 384 Å². The first-order chi connectivity index (χ1) is 32.7. The number of fused-ring (bicyclic) bond motifs is 4. The van der Waals surface area contributed by atoms with E-state index in [0.717, 1.165) is 55.7 Å². The fraction of sp³-hybridized carbons (Fsp3) is 0. The maximum atomic E-state index is 6.15. The van der Waals surface area contributed by atoms with Crippen LogP contribution >= 0.6 is 0 Å². The molecule has 0 spiro atoms. The van der Waals surface area contributed by atoms with Crippen LogP contribution in [0.1, 0.15) is 0 Å². The lowest BCUT2D eigenvalue weighted by Crippen LogP contribution is -2.09. The van der Waals surface area contributed by atoms with Crippen LogP contribution in [-0.2, 0) is 0 Å². The lowest BCUT2D eigenvalue weighted by atomic mass is 9.87. The summed E-state index contributed by atoms with van der Waals surface area (Å²) in [4.78, 5) is 2.36. The predicted molar refractivity (Wildman–Crippen MR) is 279 cm³/mol. The van der Waals surface area contributed by atoms with Gasteiger partial charge in [-0.2, -0.15) is 0 Å². The van der Waals surface area contributed by atoms with Crippen molar-refractivity contribution in [2.45, 2.75) is 0 Å². The van der Waals surface area contributed by atoms with Crippen LogP contribution in [0, 0.1) is 0 Å². The molecule has 0 aliphatic rings. The van der Waals surface area contributed by atoms with E-state index < -0.39 is 0 Å². The van der Waals surface area contributed by atoms with Gasteiger partial charge in [0.15, 0.2) is 0 Å². The SMILES string of the molecule is c1ccc(-c2ccccc2-c2ccccc2-c2ccccc2-c2ccc(N(c3ccc(-c4ccc5oc6ccccc6c5c4)cc3)c3ccc(-c4cccc5ccccc45)cc3)cc2)cc1. The summed E-state index contributed by atoms with van der Waals surface area (Å²) in [5.74, 6) is 0. The van der Waals surface area contributed by atoms with E-state index in [4.69, 9.17) is 4.42 Å². The molecule has 11 aromatic carbocycles. The summed E-state index contributed by atoms with van der Waals surface area (Å²) in [7, 11) is 0. The summed E-state index contributed by atoms with van der Waals surface area (Å²) in [6.07, 6.45) is 0. The Balaban J connectivity index is 0.929. The molecule has 12 rings (SSSR count). The highest BCUT2D eigenvalue weighted by Crippen LogP contribution is 2.43. The van der Waals surface area contributed by atoms with Crippen LogP contribution in [0.15, 0.2) is 265 Å². The molecule has 0 saturated carbocycles. The smallest absolute Gasteiger partial charge is 0.135 e. The minimum absolute atomic E-state index is 0.901. The molecule has 0 unspecified atom stereocenters. The van der Waals surface area contributed by atoms with E-state index in [9.17, 15) is 0 Å². The zero-order valence-electron chi connectivity index (χ0n) is 36.2. The van der Waals surface area contributed by atoms with Gasteiger partial charge in [0.2, 0.25) is 0 Å². The van der Waals surface area contributed by atoms with Crippen molar-refractivity contribution in [3.8, 4) is 66.8 Å². The molecule has 66 heavy (non-hydrogen) atoms. The average Bonchev–Trinajstić information content (AvgIpc) is 3.78. The Bertz CT molecular complexity index is 3670. The fourth-order valence-electron chi connectivity index (χ4n) is 9.72. The average molecular weight is 842 g/mol. The molecule has 0 bridgehead atoms. The Morgan fingerprint density at radius 3 is 1.23 bits per heavy atom. The van der Waals surface area contributed by atoms with E-state index in [-0.39, 0.29) is 0 Å². The highest BCUT2D eigenvalue weighted by Gasteiger charge is 2.18. The van der Waals surface area contributed by atoms with Gasteiger partial charge in [-0.1, -0.05) is 206 Å². The van der Waals surface area contributed by atoms with Crippen molar-refractivity contribution in [3.05, 3.63) is 261 Å². The molecule has 0 amide bonds. The van der Waals surface area contributed by atoms with Crippen molar-refractivity contribution in [1.29, 1.82) is 0 Å². The van der Waals surface area contributed by atoms with Crippen molar-refractivity contribution in [1.82, 2.24) is 0 Å².